The van der Waals surface area contributed by atoms with Gasteiger partial charge in [0.05, 0.1) is 10.4 Å². The van der Waals surface area contributed by atoms with Crippen LogP contribution in [0.2, 0.25) is 0 Å². The van der Waals surface area contributed by atoms with Crippen molar-refractivity contribution in [1.29, 1.82) is 0 Å². The van der Waals surface area contributed by atoms with Crippen LogP contribution in [-0.4, -0.2) is 22.3 Å². The summed E-state index contributed by atoms with van der Waals surface area (Å²) in [7, 11) is 0. The van der Waals surface area contributed by atoms with Gasteiger partial charge >= 0.3 is 6.61 Å². The molecule has 0 aliphatic rings. The molecule has 0 aliphatic carbocycles. The van der Waals surface area contributed by atoms with E-state index in [0.29, 0.717) is 27.3 Å². The van der Waals surface area contributed by atoms with Crippen molar-refractivity contribution in [2.75, 3.05) is 0 Å². The van der Waals surface area contributed by atoms with E-state index in [1.807, 2.05) is 0 Å². The van der Waals surface area contributed by atoms with Crippen LogP contribution in [0.25, 0.3) is 16.1 Å². The third kappa shape index (κ3) is 2.16. The molecule has 0 fully saturated rings. The second-order valence-electron chi connectivity index (χ2n) is 3.91. The Morgan fingerprint density at radius 3 is 2.85 bits per heavy atom. The van der Waals surface area contributed by atoms with Gasteiger partial charge in [0.15, 0.2) is 6.29 Å². The van der Waals surface area contributed by atoms with Crippen molar-refractivity contribution in [3.63, 3.8) is 0 Å². The maximum absolute atomic E-state index is 12.5. The lowest BCUT2D eigenvalue weighted by Gasteiger charge is -2.10. The first-order valence-electron chi connectivity index (χ1n) is 5.65. The summed E-state index contributed by atoms with van der Waals surface area (Å²) in [6, 6.07) is 4.78. The highest BCUT2D eigenvalue weighted by atomic mass is 32.1. The molecule has 7 heteroatoms. The first-order chi connectivity index (χ1) is 9.69. The number of alkyl halides is 2. The number of nitrogens with zero attached hydrogens (tertiary/aromatic N) is 2. The lowest BCUT2D eigenvalue weighted by Crippen LogP contribution is -2.04. The molecule has 4 nitrogen and oxygen atoms in total. The number of rotatable bonds is 4. The Bertz CT molecular complexity index is 767. The van der Waals surface area contributed by atoms with Crippen LogP contribution in [0.1, 0.15) is 9.67 Å². The van der Waals surface area contributed by atoms with Gasteiger partial charge < -0.3 is 9.14 Å². The number of carbonyl (C=O) groups is 1. The Kier molecular flexibility index (Phi) is 3.19. The topological polar surface area (TPSA) is 43.6 Å². The van der Waals surface area contributed by atoms with E-state index in [2.05, 4.69) is 9.72 Å². The highest BCUT2D eigenvalue weighted by Crippen LogP contribution is 2.38. The van der Waals surface area contributed by atoms with Crippen LogP contribution in [0.3, 0.4) is 0 Å². The van der Waals surface area contributed by atoms with E-state index in [-0.39, 0.29) is 5.75 Å². The van der Waals surface area contributed by atoms with E-state index in [1.54, 1.807) is 35.1 Å². The molecule has 0 atom stereocenters. The van der Waals surface area contributed by atoms with Crippen molar-refractivity contribution in [3.8, 4) is 16.2 Å². The van der Waals surface area contributed by atoms with Crippen LogP contribution >= 0.6 is 11.3 Å². The Morgan fingerprint density at radius 2 is 2.15 bits per heavy atom. The minimum atomic E-state index is -2.92. The predicted molar refractivity (Wildman–Crippen MR) is 70.5 cm³/mol. The number of fused-ring (bicyclic) bond motifs is 1. The zero-order valence-electron chi connectivity index (χ0n) is 9.99. The zero-order valence-corrected chi connectivity index (χ0v) is 10.8. The third-order valence-electron chi connectivity index (χ3n) is 2.73. The maximum Gasteiger partial charge on any atom is 0.387 e. The largest absolute Gasteiger partial charge is 0.434 e. The number of thiophene rings is 1. The van der Waals surface area contributed by atoms with Gasteiger partial charge in [0.1, 0.15) is 11.4 Å². The molecule has 20 heavy (non-hydrogen) atoms. The van der Waals surface area contributed by atoms with Crippen molar-refractivity contribution in [3.05, 3.63) is 41.7 Å². The van der Waals surface area contributed by atoms with Gasteiger partial charge in [-0.25, -0.2) is 4.98 Å². The second kappa shape index (κ2) is 5.01. The number of aromatic nitrogens is 2. The third-order valence-corrected chi connectivity index (χ3v) is 3.76. The summed E-state index contributed by atoms with van der Waals surface area (Å²) in [5.41, 5.74) is 0.957. The van der Waals surface area contributed by atoms with Gasteiger partial charge in [-0.1, -0.05) is 0 Å². The molecular weight excluding hydrogens is 286 g/mol. The summed E-state index contributed by atoms with van der Waals surface area (Å²) in [6.45, 7) is -2.92. The molecule has 0 saturated heterocycles. The van der Waals surface area contributed by atoms with Gasteiger partial charge in [0.2, 0.25) is 0 Å². The molecule has 0 unspecified atom stereocenters. The van der Waals surface area contributed by atoms with E-state index in [1.165, 1.54) is 17.4 Å². The summed E-state index contributed by atoms with van der Waals surface area (Å²) in [6.07, 6.45) is 5.59. The van der Waals surface area contributed by atoms with E-state index < -0.39 is 6.61 Å². The normalized spacial score (nSPS) is 11.2. The number of hydrogen-bond acceptors (Lipinski definition) is 4. The fourth-order valence-corrected chi connectivity index (χ4v) is 2.81. The number of ether oxygens (including phenoxy) is 1. The van der Waals surface area contributed by atoms with E-state index >= 15 is 0 Å². The smallest absolute Gasteiger partial charge is 0.387 e. The zero-order chi connectivity index (χ0) is 14.1. The molecule has 0 aromatic carbocycles. The molecule has 3 aromatic rings. The van der Waals surface area contributed by atoms with Crippen LogP contribution in [0.5, 0.6) is 5.75 Å². The lowest BCUT2D eigenvalue weighted by molar-refractivity contribution is -0.0494. The molecule has 3 heterocycles. The summed E-state index contributed by atoms with van der Waals surface area (Å²) in [5, 5.41) is 0. The summed E-state index contributed by atoms with van der Waals surface area (Å²) >= 11 is 1.20. The summed E-state index contributed by atoms with van der Waals surface area (Å²) in [5.74, 6) is 0.0398. The second-order valence-corrected chi connectivity index (χ2v) is 5.03. The van der Waals surface area contributed by atoms with E-state index in [0.717, 1.165) is 0 Å². The summed E-state index contributed by atoms with van der Waals surface area (Å²) < 4.78 is 31.3. The molecule has 0 radical (unpaired) electrons. The van der Waals surface area contributed by atoms with E-state index in [4.69, 9.17) is 0 Å². The highest BCUT2D eigenvalue weighted by molar-refractivity contribution is 7.17. The molecule has 0 spiro atoms. The molecule has 0 bridgehead atoms. The first-order valence-corrected chi connectivity index (χ1v) is 6.46. The van der Waals surface area contributed by atoms with Crippen LogP contribution in [0.4, 0.5) is 8.78 Å². The fraction of sp³-hybridized carbons (Fsp3) is 0.0769. The average molecular weight is 294 g/mol. The van der Waals surface area contributed by atoms with Gasteiger partial charge in [-0.05, 0) is 18.2 Å². The SMILES string of the molecule is O=Cc1ccc(-c2c(OC(F)F)ccn3ccnc23)s1. The highest BCUT2D eigenvalue weighted by Gasteiger charge is 2.17. The van der Waals surface area contributed by atoms with Crippen LogP contribution in [-0.2, 0) is 0 Å². The molecule has 0 N–H and O–H groups in total. The minimum Gasteiger partial charge on any atom is -0.434 e. The Balaban J connectivity index is 2.23. The molecule has 3 aromatic heterocycles. The molecular formula is C13H8F2N2O2S. The summed E-state index contributed by atoms with van der Waals surface area (Å²) in [4.78, 5) is 16.1. The Labute approximate surface area is 116 Å². The van der Waals surface area contributed by atoms with Gasteiger partial charge in [0.25, 0.3) is 0 Å². The van der Waals surface area contributed by atoms with Gasteiger partial charge in [-0.15, -0.1) is 11.3 Å². The van der Waals surface area contributed by atoms with Gasteiger partial charge in [0, 0.05) is 23.5 Å². The van der Waals surface area contributed by atoms with Crippen molar-refractivity contribution in [1.82, 2.24) is 9.38 Å². The molecule has 3 rings (SSSR count). The fourth-order valence-electron chi connectivity index (χ4n) is 1.94. The minimum absolute atomic E-state index is 0.0398. The van der Waals surface area contributed by atoms with Crippen LogP contribution in [0.15, 0.2) is 36.8 Å². The molecule has 0 amide bonds. The molecule has 0 saturated carbocycles. The van der Waals surface area contributed by atoms with Crippen molar-refractivity contribution < 1.29 is 18.3 Å². The van der Waals surface area contributed by atoms with Crippen molar-refractivity contribution in [2.24, 2.45) is 0 Å². The molecule has 102 valence electrons. The number of aldehydes is 1. The predicted octanol–water partition coefficient (Wildman–Crippen LogP) is 3.48. The van der Waals surface area contributed by atoms with E-state index in [9.17, 15) is 13.6 Å². The quantitative estimate of drug-likeness (QED) is 0.692. The number of halogens is 2. The van der Waals surface area contributed by atoms with Crippen molar-refractivity contribution in [2.45, 2.75) is 6.61 Å². The average Bonchev–Trinajstić information content (AvgIpc) is 3.05. The first kappa shape index (κ1) is 12.7. The standard InChI is InChI=1S/C13H8F2N2O2S/c14-13(15)19-9-3-5-17-6-4-16-12(17)11(9)10-2-1-8(7-18)20-10/h1-7,13H. The van der Waals surface area contributed by atoms with Gasteiger partial charge in [-0.2, -0.15) is 8.78 Å². The monoisotopic (exact) mass is 294 g/mol. The lowest BCUT2D eigenvalue weighted by atomic mass is 10.2. The number of hydrogen-bond donors (Lipinski definition) is 0. The number of pyridine rings is 1. The molecule has 0 aliphatic heterocycles. The maximum atomic E-state index is 12.5. The van der Waals surface area contributed by atoms with Crippen LogP contribution in [0, 0.1) is 0 Å². The number of carbonyl (C=O) groups excluding carboxylic acids is 1. The Hall–Kier alpha value is -2.28. The van der Waals surface area contributed by atoms with Gasteiger partial charge in [-0.3, -0.25) is 4.79 Å². The number of imidazole rings is 1. The van der Waals surface area contributed by atoms with Crippen molar-refractivity contribution >= 4 is 23.3 Å². The Morgan fingerprint density at radius 1 is 1.30 bits per heavy atom. The van der Waals surface area contributed by atoms with Crippen LogP contribution < -0.4 is 4.74 Å².